The summed E-state index contributed by atoms with van der Waals surface area (Å²) in [6.45, 7) is 6.34. The summed E-state index contributed by atoms with van der Waals surface area (Å²) in [5.41, 5.74) is 3.63. The Labute approximate surface area is 197 Å². The second-order valence-electron chi connectivity index (χ2n) is 8.08. The number of anilines is 2. The van der Waals surface area contributed by atoms with E-state index in [4.69, 9.17) is 20.8 Å². The van der Waals surface area contributed by atoms with Gasteiger partial charge < -0.3 is 24.3 Å². The molecule has 2 heterocycles. The van der Waals surface area contributed by atoms with Crippen molar-refractivity contribution in [3.05, 3.63) is 76.7 Å². The first-order chi connectivity index (χ1) is 15.9. The number of amides is 2. The third kappa shape index (κ3) is 5.68. The van der Waals surface area contributed by atoms with E-state index in [9.17, 15) is 9.59 Å². The van der Waals surface area contributed by atoms with Gasteiger partial charge in [-0.1, -0.05) is 17.7 Å². The molecule has 0 spiro atoms. The molecule has 1 aliphatic rings. The first kappa shape index (κ1) is 22.7. The molecule has 0 aliphatic carbocycles. The third-order valence-corrected chi connectivity index (χ3v) is 5.74. The molecule has 2 aromatic carbocycles. The number of carbonyl (C=O) groups excluding carboxylic acids is 2. The Hall–Kier alpha value is -3.45. The van der Waals surface area contributed by atoms with Crippen LogP contribution in [0.15, 0.2) is 59.2 Å². The van der Waals surface area contributed by atoms with Crippen molar-refractivity contribution in [3.63, 3.8) is 0 Å². The Bertz CT molecular complexity index is 1120. The number of piperazine rings is 1. The molecule has 0 atom stereocenters. The lowest BCUT2D eigenvalue weighted by atomic mass is 10.1. The second kappa shape index (κ2) is 10.0. The lowest BCUT2D eigenvalue weighted by molar-refractivity contribution is -0.118. The summed E-state index contributed by atoms with van der Waals surface area (Å²) < 4.78 is 10.8. The Balaban J connectivity index is 1.30. The summed E-state index contributed by atoms with van der Waals surface area (Å²) in [5, 5.41) is 3.36. The van der Waals surface area contributed by atoms with Crippen molar-refractivity contribution >= 4 is 34.8 Å². The molecule has 1 N–H and O–H groups in total. The van der Waals surface area contributed by atoms with E-state index in [0.29, 0.717) is 48.4 Å². The average Bonchev–Trinajstić information content (AvgIpc) is 3.32. The van der Waals surface area contributed by atoms with Crippen LogP contribution in [0, 0.1) is 13.8 Å². The van der Waals surface area contributed by atoms with Gasteiger partial charge in [0.05, 0.1) is 17.0 Å². The maximum Gasteiger partial charge on any atom is 0.289 e. The van der Waals surface area contributed by atoms with E-state index in [2.05, 4.69) is 10.2 Å². The van der Waals surface area contributed by atoms with E-state index in [1.165, 1.54) is 6.26 Å². The summed E-state index contributed by atoms with van der Waals surface area (Å²) in [5.74, 6) is 0.652. The van der Waals surface area contributed by atoms with E-state index >= 15 is 0 Å². The number of aryl methyl sites for hydroxylation is 2. The van der Waals surface area contributed by atoms with Crippen molar-refractivity contribution in [2.75, 3.05) is 43.0 Å². The minimum absolute atomic E-state index is 0.0894. The molecule has 33 heavy (non-hydrogen) atoms. The Kier molecular flexibility index (Phi) is 6.89. The summed E-state index contributed by atoms with van der Waals surface area (Å²) in [4.78, 5) is 28.6. The zero-order chi connectivity index (χ0) is 23.4. The molecular weight excluding hydrogens is 442 g/mol. The van der Waals surface area contributed by atoms with Crippen LogP contribution in [0.1, 0.15) is 21.7 Å². The van der Waals surface area contributed by atoms with Gasteiger partial charge in [0.25, 0.3) is 11.8 Å². The Morgan fingerprint density at radius 2 is 1.76 bits per heavy atom. The van der Waals surface area contributed by atoms with Crippen LogP contribution >= 0.6 is 11.6 Å². The van der Waals surface area contributed by atoms with Gasteiger partial charge >= 0.3 is 0 Å². The highest BCUT2D eigenvalue weighted by molar-refractivity contribution is 6.33. The molecule has 7 nitrogen and oxygen atoms in total. The highest BCUT2D eigenvalue weighted by Crippen LogP contribution is 2.30. The summed E-state index contributed by atoms with van der Waals surface area (Å²) in [6.07, 6.45) is 1.50. The van der Waals surface area contributed by atoms with Crippen LogP contribution in [0.4, 0.5) is 11.4 Å². The smallest absolute Gasteiger partial charge is 0.289 e. The minimum atomic E-state index is -0.261. The number of hydrogen-bond donors (Lipinski definition) is 1. The lowest BCUT2D eigenvalue weighted by Crippen LogP contribution is -2.48. The fraction of sp³-hybridized carbons (Fsp3) is 0.280. The van der Waals surface area contributed by atoms with Gasteiger partial charge in [0.15, 0.2) is 12.4 Å². The topological polar surface area (TPSA) is 75.0 Å². The molecule has 0 bridgehead atoms. The van der Waals surface area contributed by atoms with E-state index < -0.39 is 0 Å². The number of nitrogens with zero attached hydrogens (tertiary/aromatic N) is 2. The number of hydrogen-bond acceptors (Lipinski definition) is 5. The summed E-state index contributed by atoms with van der Waals surface area (Å²) in [6, 6.07) is 14.6. The number of furan rings is 1. The highest BCUT2D eigenvalue weighted by atomic mass is 35.5. The molecule has 0 unspecified atom stereocenters. The number of ether oxygens (including phenoxy) is 1. The third-order valence-electron chi connectivity index (χ3n) is 5.44. The van der Waals surface area contributed by atoms with Crippen LogP contribution in [-0.2, 0) is 4.79 Å². The van der Waals surface area contributed by atoms with E-state index in [1.54, 1.807) is 23.1 Å². The molecule has 172 valence electrons. The van der Waals surface area contributed by atoms with Crippen LogP contribution in [0.2, 0.25) is 5.02 Å². The molecule has 1 aliphatic heterocycles. The first-order valence-corrected chi connectivity index (χ1v) is 11.1. The molecule has 2 amide bonds. The van der Waals surface area contributed by atoms with Gasteiger partial charge in [-0.15, -0.1) is 0 Å². The molecular formula is C25H26ClN3O4. The van der Waals surface area contributed by atoms with Crippen LogP contribution < -0.4 is 15.0 Å². The maximum absolute atomic E-state index is 12.4. The quantitative estimate of drug-likeness (QED) is 0.576. The molecule has 0 radical (unpaired) electrons. The van der Waals surface area contributed by atoms with Crippen LogP contribution in [0.3, 0.4) is 0 Å². The Morgan fingerprint density at radius 1 is 1.03 bits per heavy atom. The number of rotatable bonds is 6. The summed E-state index contributed by atoms with van der Waals surface area (Å²) in [7, 11) is 0. The first-order valence-electron chi connectivity index (χ1n) is 10.8. The molecule has 0 saturated carbocycles. The molecule has 3 aromatic rings. The minimum Gasteiger partial charge on any atom is -0.484 e. The predicted molar refractivity (Wildman–Crippen MR) is 128 cm³/mol. The molecule has 1 aromatic heterocycles. The van der Waals surface area contributed by atoms with Gasteiger partial charge in [0.2, 0.25) is 0 Å². The van der Waals surface area contributed by atoms with Crippen LogP contribution in [0.25, 0.3) is 0 Å². The summed E-state index contributed by atoms with van der Waals surface area (Å²) >= 11 is 6.51. The highest BCUT2D eigenvalue weighted by Gasteiger charge is 2.24. The van der Waals surface area contributed by atoms with Gasteiger partial charge in [-0.25, -0.2) is 0 Å². The number of halogens is 1. The van der Waals surface area contributed by atoms with Crippen molar-refractivity contribution < 1.29 is 18.7 Å². The predicted octanol–water partition coefficient (Wildman–Crippen LogP) is 4.53. The standard InChI is InChI=1S/C25H26ClN3O4/c1-17-12-18(2)14-20(13-17)33-16-24(30)27-19-5-6-22(21(26)15-19)28-7-9-29(10-8-28)25(31)23-4-3-11-32-23/h3-6,11-15H,7-10,16H2,1-2H3,(H,27,30). The monoisotopic (exact) mass is 467 g/mol. The Morgan fingerprint density at radius 3 is 2.39 bits per heavy atom. The molecule has 1 fully saturated rings. The van der Waals surface area contributed by atoms with E-state index in [1.807, 2.05) is 44.2 Å². The SMILES string of the molecule is Cc1cc(C)cc(OCC(=O)Nc2ccc(N3CCN(C(=O)c4ccco4)CC3)c(Cl)c2)c1. The van der Waals surface area contributed by atoms with Gasteiger partial charge in [0.1, 0.15) is 5.75 Å². The fourth-order valence-corrected chi connectivity index (χ4v) is 4.21. The largest absolute Gasteiger partial charge is 0.484 e. The molecule has 1 saturated heterocycles. The average molecular weight is 468 g/mol. The normalized spacial score (nSPS) is 13.7. The molecule has 4 rings (SSSR count). The van der Waals surface area contributed by atoms with E-state index in [0.717, 1.165) is 16.8 Å². The van der Waals surface area contributed by atoms with Gasteiger partial charge in [-0.2, -0.15) is 0 Å². The maximum atomic E-state index is 12.4. The van der Waals surface area contributed by atoms with Crippen molar-refractivity contribution in [1.82, 2.24) is 4.90 Å². The van der Waals surface area contributed by atoms with Crippen molar-refractivity contribution in [2.24, 2.45) is 0 Å². The number of benzene rings is 2. The zero-order valence-corrected chi connectivity index (χ0v) is 19.4. The number of carbonyl (C=O) groups is 2. The zero-order valence-electron chi connectivity index (χ0n) is 18.6. The fourth-order valence-electron chi connectivity index (χ4n) is 3.91. The van der Waals surface area contributed by atoms with Gasteiger partial charge in [0, 0.05) is 31.9 Å². The molecule has 8 heteroatoms. The van der Waals surface area contributed by atoms with Gasteiger partial charge in [-0.05, 0) is 67.4 Å². The second-order valence-corrected chi connectivity index (χ2v) is 8.49. The van der Waals surface area contributed by atoms with Crippen molar-refractivity contribution in [2.45, 2.75) is 13.8 Å². The van der Waals surface area contributed by atoms with Crippen molar-refractivity contribution in [1.29, 1.82) is 0 Å². The van der Waals surface area contributed by atoms with E-state index in [-0.39, 0.29) is 18.4 Å². The van der Waals surface area contributed by atoms with Crippen molar-refractivity contribution in [3.8, 4) is 5.75 Å². The van der Waals surface area contributed by atoms with Crippen LogP contribution in [0.5, 0.6) is 5.75 Å². The van der Waals surface area contributed by atoms with Crippen LogP contribution in [-0.4, -0.2) is 49.5 Å². The number of nitrogens with one attached hydrogen (secondary N) is 1. The van der Waals surface area contributed by atoms with Gasteiger partial charge in [-0.3, -0.25) is 9.59 Å². The lowest BCUT2D eigenvalue weighted by Gasteiger charge is -2.36.